The average Bonchev–Trinajstić information content (AvgIpc) is 3.06. The van der Waals surface area contributed by atoms with Crippen LogP contribution in [0.4, 0.5) is 10.5 Å². The smallest absolute Gasteiger partial charge is 0.338 e. The number of anilines is 1. The SMILES string of the molecule is Cc1ccc(C2NC(=O)N(CC(=O)Nc3cccc(Cl)c3)C3=C2C(=O)OC3)cc1. The Labute approximate surface area is 172 Å². The van der Waals surface area contributed by atoms with Crippen LogP contribution in [-0.4, -0.2) is 36.0 Å². The first kappa shape index (κ1) is 19.0. The molecule has 4 rings (SSSR count). The molecular weight excluding hydrogens is 394 g/mol. The fourth-order valence-corrected chi connectivity index (χ4v) is 3.59. The van der Waals surface area contributed by atoms with Crippen molar-refractivity contribution in [1.29, 1.82) is 0 Å². The maximum absolute atomic E-state index is 12.7. The predicted octanol–water partition coefficient (Wildman–Crippen LogP) is 3.16. The van der Waals surface area contributed by atoms with Gasteiger partial charge in [0.05, 0.1) is 17.3 Å². The third-order valence-electron chi connectivity index (χ3n) is 4.82. The lowest BCUT2D eigenvalue weighted by atomic mass is 9.95. The first-order valence-corrected chi connectivity index (χ1v) is 9.40. The number of rotatable bonds is 4. The highest BCUT2D eigenvalue weighted by molar-refractivity contribution is 6.30. The topological polar surface area (TPSA) is 87.7 Å². The lowest BCUT2D eigenvalue weighted by Crippen LogP contribution is -2.49. The van der Waals surface area contributed by atoms with Crippen molar-refractivity contribution in [3.63, 3.8) is 0 Å². The molecule has 2 N–H and O–H groups in total. The number of benzene rings is 2. The monoisotopic (exact) mass is 411 g/mol. The van der Waals surface area contributed by atoms with E-state index in [0.717, 1.165) is 11.1 Å². The lowest BCUT2D eigenvalue weighted by molar-refractivity contribution is -0.136. The van der Waals surface area contributed by atoms with E-state index in [0.29, 0.717) is 22.0 Å². The molecule has 2 heterocycles. The second-order valence-corrected chi connectivity index (χ2v) is 7.31. The Bertz CT molecular complexity index is 1030. The number of aryl methyl sites for hydroxylation is 1. The molecule has 0 radical (unpaired) electrons. The van der Waals surface area contributed by atoms with Crippen LogP contribution in [0.5, 0.6) is 0 Å². The van der Waals surface area contributed by atoms with Gasteiger partial charge in [0.25, 0.3) is 0 Å². The minimum Gasteiger partial charge on any atom is -0.456 e. The van der Waals surface area contributed by atoms with Gasteiger partial charge in [-0.05, 0) is 30.7 Å². The van der Waals surface area contributed by atoms with Crippen LogP contribution in [0.1, 0.15) is 17.2 Å². The molecule has 7 nitrogen and oxygen atoms in total. The van der Waals surface area contributed by atoms with Crippen molar-refractivity contribution in [2.75, 3.05) is 18.5 Å². The van der Waals surface area contributed by atoms with Crippen molar-refractivity contribution in [1.82, 2.24) is 10.2 Å². The molecule has 2 aromatic rings. The highest BCUT2D eigenvalue weighted by atomic mass is 35.5. The second-order valence-electron chi connectivity index (χ2n) is 6.87. The van der Waals surface area contributed by atoms with Gasteiger partial charge in [0.2, 0.25) is 5.91 Å². The number of carbonyl (C=O) groups is 3. The minimum absolute atomic E-state index is 0.0472. The third kappa shape index (κ3) is 3.82. The van der Waals surface area contributed by atoms with E-state index in [1.807, 2.05) is 31.2 Å². The van der Waals surface area contributed by atoms with E-state index < -0.39 is 23.9 Å². The Morgan fingerprint density at radius 3 is 2.72 bits per heavy atom. The Balaban J connectivity index is 1.59. The van der Waals surface area contributed by atoms with Crippen LogP contribution in [0, 0.1) is 6.92 Å². The van der Waals surface area contributed by atoms with E-state index in [9.17, 15) is 14.4 Å². The molecule has 0 bridgehead atoms. The maximum Gasteiger partial charge on any atom is 0.338 e. The maximum atomic E-state index is 12.7. The summed E-state index contributed by atoms with van der Waals surface area (Å²) in [5.41, 5.74) is 3.12. The highest BCUT2D eigenvalue weighted by Gasteiger charge is 2.42. The Hall–Kier alpha value is -3.32. The molecule has 1 atom stereocenters. The first-order valence-electron chi connectivity index (χ1n) is 9.02. The van der Waals surface area contributed by atoms with Gasteiger partial charge < -0.3 is 15.4 Å². The van der Waals surface area contributed by atoms with E-state index in [-0.39, 0.29) is 13.2 Å². The summed E-state index contributed by atoms with van der Waals surface area (Å²) in [7, 11) is 0. The van der Waals surface area contributed by atoms with Gasteiger partial charge in [-0.15, -0.1) is 0 Å². The van der Waals surface area contributed by atoms with Gasteiger partial charge in [0, 0.05) is 10.7 Å². The van der Waals surface area contributed by atoms with E-state index in [2.05, 4.69) is 10.6 Å². The fraction of sp³-hybridized carbons (Fsp3) is 0.190. The van der Waals surface area contributed by atoms with Crippen LogP contribution in [0.25, 0.3) is 0 Å². The van der Waals surface area contributed by atoms with Crippen LogP contribution in [0.15, 0.2) is 59.8 Å². The molecule has 0 fully saturated rings. The zero-order valence-electron chi connectivity index (χ0n) is 15.6. The number of esters is 1. The predicted molar refractivity (Wildman–Crippen MR) is 107 cm³/mol. The zero-order chi connectivity index (χ0) is 20.5. The molecule has 0 saturated carbocycles. The molecule has 0 aliphatic carbocycles. The summed E-state index contributed by atoms with van der Waals surface area (Å²) in [5.74, 6) is -0.909. The van der Waals surface area contributed by atoms with Crippen molar-refractivity contribution in [2.24, 2.45) is 0 Å². The first-order chi connectivity index (χ1) is 13.9. The minimum atomic E-state index is -0.611. The number of urea groups is 1. The average molecular weight is 412 g/mol. The summed E-state index contributed by atoms with van der Waals surface area (Å²) < 4.78 is 5.17. The highest BCUT2D eigenvalue weighted by Crippen LogP contribution is 2.35. The number of hydrogen-bond donors (Lipinski definition) is 2. The number of nitrogens with one attached hydrogen (secondary N) is 2. The van der Waals surface area contributed by atoms with E-state index in [4.69, 9.17) is 16.3 Å². The fourth-order valence-electron chi connectivity index (χ4n) is 3.40. The number of ether oxygens (including phenoxy) is 1. The quantitative estimate of drug-likeness (QED) is 0.756. The molecule has 2 aliphatic rings. The van der Waals surface area contributed by atoms with E-state index in [1.165, 1.54) is 4.90 Å². The largest absolute Gasteiger partial charge is 0.456 e. The molecule has 1 unspecified atom stereocenters. The molecule has 148 valence electrons. The standard InChI is InChI=1S/C21H18ClN3O4/c1-12-5-7-13(8-6-12)19-18-16(11-29-20(18)27)25(21(28)24-19)10-17(26)23-15-4-2-3-14(22)9-15/h2-9,19H,10-11H2,1H3,(H,23,26)(H,24,28). The number of halogens is 1. The van der Waals surface area contributed by atoms with Crippen molar-refractivity contribution in [3.8, 4) is 0 Å². The Morgan fingerprint density at radius 1 is 1.24 bits per heavy atom. The number of hydrogen-bond acceptors (Lipinski definition) is 4. The molecule has 29 heavy (non-hydrogen) atoms. The van der Waals surface area contributed by atoms with Crippen LogP contribution in [-0.2, 0) is 14.3 Å². The summed E-state index contributed by atoms with van der Waals surface area (Å²) in [4.78, 5) is 38.8. The molecule has 3 amide bonds. The number of carbonyl (C=O) groups excluding carboxylic acids is 3. The lowest BCUT2D eigenvalue weighted by Gasteiger charge is -2.32. The molecule has 0 spiro atoms. The zero-order valence-corrected chi connectivity index (χ0v) is 16.3. The van der Waals surface area contributed by atoms with Crippen molar-refractivity contribution in [3.05, 3.63) is 76.0 Å². The van der Waals surface area contributed by atoms with Crippen LogP contribution < -0.4 is 10.6 Å². The number of amides is 3. The van der Waals surface area contributed by atoms with Gasteiger partial charge >= 0.3 is 12.0 Å². The summed E-state index contributed by atoms with van der Waals surface area (Å²) >= 11 is 5.93. The van der Waals surface area contributed by atoms with Gasteiger partial charge in [-0.1, -0.05) is 47.5 Å². The summed E-state index contributed by atoms with van der Waals surface area (Å²) in [5, 5.41) is 5.99. The van der Waals surface area contributed by atoms with Gasteiger partial charge in [0.1, 0.15) is 13.2 Å². The van der Waals surface area contributed by atoms with E-state index in [1.54, 1.807) is 24.3 Å². The molecule has 0 aromatic heterocycles. The molecular formula is C21H18ClN3O4. The van der Waals surface area contributed by atoms with Crippen LogP contribution >= 0.6 is 11.6 Å². The summed E-state index contributed by atoms with van der Waals surface area (Å²) in [6.07, 6.45) is 0. The Morgan fingerprint density at radius 2 is 2.00 bits per heavy atom. The molecule has 2 aromatic carbocycles. The van der Waals surface area contributed by atoms with Crippen molar-refractivity contribution >= 4 is 35.2 Å². The number of nitrogens with zero attached hydrogens (tertiary/aromatic N) is 1. The molecule has 8 heteroatoms. The van der Waals surface area contributed by atoms with Gasteiger partial charge in [-0.25, -0.2) is 9.59 Å². The van der Waals surface area contributed by atoms with Gasteiger partial charge in [-0.2, -0.15) is 0 Å². The van der Waals surface area contributed by atoms with E-state index >= 15 is 0 Å². The van der Waals surface area contributed by atoms with Gasteiger partial charge in [-0.3, -0.25) is 9.69 Å². The van der Waals surface area contributed by atoms with Gasteiger partial charge in [0.15, 0.2) is 0 Å². The third-order valence-corrected chi connectivity index (χ3v) is 5.05. The Kier molecular flexibility index (Phi) is 4.98. The number of cyclic esters (lactones) is 1. The molecule has 2 aliphatic heterocycles. The van der Waals surface area contributed by atoms with Crippen LogP contribution in [0.3, 0.4) is 0 Å². The van der Waals surface area contributed by atoms with Crippen molar-refractivity contribution < 1.29 is 19.1 Å². The summed E-state index contributed by atoms with van der Waals surface area (Å²) in [6, 6.07) is 13.2. The normalized spacial score (nSPS) is 18.3. The summed E-state index contributed by atoms with van der Waals surface area (Å²) in [6.45, 7) is 1.65. The van der Waals surface area contributed by atoms with Crippen LogP contribution in [0.2, 0.25) is 5.02 Å². The van der Waals surface area contributed by atoms with Crippen molar-refractivity contribution in [2.45, 2.75) is 13.0 Å². The second kappa shape index (κ2) is 7.60. The molecule has 0 saturated heterocycles.